The van der Waals surface area contributed by atoms with Crippen LogP contribution in [-0.4, -0.2) is 29.9 Å². The molecule has 2 aromatic heterocycles. The molecule has 0 aliphatic heterocycles. The van der Waals surface area contributed by atoms with Crippen molar-refractivity contribution in [1.29, 1.82) is 0 Å². The van der Waals surface area contributed by atoms with Crippen molar-refractivity contribution < 1.29 is 5.11 Å². The Morgan fingerprint density at radius 1 is 1.00 bits per heavy atom. The minimum Gasteiger partial charge on any atom is -0.386 e. The van der Waals surface area contributed by atoms with E-state index in [2.05, 4.69) is 28.4 Å². The molecule has 0 spiro atoms. The number of benzene rings is 2. The highest BCUT2D eigenvalue weighted by Gasteiger charge is 2.12. The Labute approximate surface area is 151 Å². The third kappa shape index (κ3) is 3.27. The molecular formula is C20H19N5O. The fraction of sp³-hybridized carbons (Fsp3) is 0.150. The lowest BCUT2D eigenvalue weighted by atomic mass is 10.1. The van der Waals surface area contributed by atoms with Gasteiger partial charge in [0.15, 0.2) is 0 Å². The van der Waals surface area contributed by atoms with Crippen molar-refractivity contribution in [3.8, 4) is 16.9 Å². The van der Waals surface area contributed by atoms with Crippen molar-refractivity contribution in [2.24, 2.45) is 0 Å². The van der Waals surface area contributed by atoms with Crippen LogP contribution in [-0.2, 0) is 6.54 Å². The molecule has 1 atom stereocenters. The zero-order valence-electron chi connectivity index (χ0n) is 14.4. The lowest BCUT2D eigenvalue weighted by molar-refractivity contribution is 0.150. The highest BCUT2D eigenvalue weighted by molar-refractivity contribution is 5.56. The van der Waals surface area contributed by atoms with Crippen LogP contribution in [0.4, 0.5) is 0 Å². The van der Waals surface area contributed by atoms with Crippen LogP contribution in [0.15, 0.2) is 73.2 Å². The Bertz CT molecular complexity index is 1010. The second kappa shape index (κ2) is 6.93. The summed E-state index contributed by atoms with van der Waals surface area (Å²) in [6.45, 7) is 2.40. The summed E-state index contributed by atoms with van der Waals surface area (Å²) in [5.41, 5.74) is 4.65. The number of aliphatic hydroxyl groups excluding tert-OH is 1. The van der Waals surface area contributed by atoms with Gasteiger partial charge in [-0.15, -0.1) is 5.10 Å². The topological polar surface area (TPSA) is 68.8 Å². The molecule has 26 heavy (non-hydrogen) atoms. The van der Waals surface area contributed by atoms with E-state index >= 15 is 0 Å². The maximum atomic E-state index is 10.3. The maximum Gasteiger partial charge on any atom is 0.116 e. The van der Waals surface area contributed by atoms with E-state index in [4.69, 9.17) is 0 Å². The molecule has 0 fully saturated rings. The van der Waals surface area contributed by atoms with Gasteiger partial charge in [-0.05, 0) is 24.1 Å². The third-order valence-electron chi connectivity index (χ3n) is 4.32. The highest BCUT2D eigenvalue weighted by atomic mass is 16.3. The second-order valence-electron chi connectivity index (χ2n) is 6.21. The Morgan fingerprint density at radius 2 is 1.77 bits per heavy atom. The Balaban J connectivity index is 1.53. The Kier molecular flexibility index (Phi) is 4.33. The summed E-state index contributed by atoms with van der Waals surface area (Å²) in [6, 6.07) is 17.6. The molecule has 0 saturated heterocycles. The van der Waals surface area contributed by atoms with Gasteiger partial charge in [-0.1, -0.05) is 53.7 Å². The largest absolute Gasteiger partial charge is 0.386 e. The van der Waals surface area contributed by atoms with Gasteiger partial charge in [0.25, 0.3) is 0 Å². The number of rotatable bonds is 5. The van der Waals surface area contributed by atoms with Gasteiger partial charge in [0, 0.05) is 11.8 Å². The fourth-order valence-electron chi connectivity index (χ4n) is 2.88. The molecule has 6 nitrogen and oxygen atoms in total. The van der Waals surface area contributed by atoms with Crippen LogP contribution in [0.1, 0.15) is 17.2 Å². The summed E-state index contributed by atoms with van der Waals surface area (Å²) in [7, 11) is 0. The summed E-state index contributed by atoms with van der Waals surface area (Å²) in [6.07, 6.45) is 4.91. The molecule has 0 amide bonds. The van der Waals surface area contributed by atoms with Gasteiger partial charge in [0.1, 0.15) is 5.69 Å². The van der Waals surface area contributed by atoms with Crippen LogP contribution in [0.3, 0.4) is 0 Å². The predicted octanol–water partition coefficient (Wildman–Crippen LogP) is 3.17. The normalized spacial score (nSPS) is 12.2. The van der Waals surface area contributed by atoms with Gasteiger partial charge in [0.2, 0.25) is 0 Å². The highest BCUT2D eigenvalue weighted by Crippen LogP contribution is 2.20. The number of aryl methyl sites for hydroxylation is 1. The number of hydrogen-bond donors (Lipinski definition) is 1. The minimum atomic E-state index is -0.625. The summed E-state index contributed by atoms with van der Waals surface area (Å²) < 4.78 is 3.49. The summed E-state index contributed by atoms with van der Waals surface area (Å²) >= 11 is 0. The van der Waals surface area contributed by atoms with Crippen molar-refractivity contribution in [2.45, 2.75) is 19.6 Å². The van der Waals surface area contributed by atoms with Crippen molar-refractivity contribution in [1.82, 2.24) is 24.8 Å². The standard InChI is InChI=1S/C20H19N5O/c1-15-7-5-6-10-19(15)25-12-17(11-21-25)18-13-24(23-22-18)14-20(26)16-8-3-2-4-9-16/h2-13,20,26H,14H2,1H3/t20-/m1/s1. The van der Waals surface area contributed by atoms with Gasteiger partial charge < -0.3 is 5.11 Å². The average Bonchev–Trinajstić information content (AvgIpc) is 3.32. The Morgan fingerprint density at radius 3 is 2.58 bits per heavy atom. The molecule has 4 aromatic rings. The number of aliphatic hydroxyl groups is 1. The molecule has 0 aliphatic carbocycles. The van der Waals surface area contributed by atoms with Crippen molar-refractivity contribution in [3.05, 3.63) is 84.3 Å². The molecule has 0 aliphatic rings. The first-order valence-corrected chi connectivity index (χ1v) is 8.45. The number of hydrogen-bond acceptors (Lipinski definition) is 4. The van der Waals surface area contributed by atoms with Gasteiger partial charge in [-0.25, -0.2) is 9.36 Å². The van der Waals surface area contributed by atoms with E-state index in [0.29, 0.717) is 6.54 Å². The monoisotopic (exact) mass is 345 g/mol. The van der Waals surface area contributed by atoms with Crippen molar-refractivity contribution in [3.63, 3.8) is 0 Å². The van der Waals surface area contributed by atoms with E-state index in [1.54, 1.807) is 10.9 Å². The molecule has 0 unspecified atom stereocenters. The number of nitrogens with zero attached hydrogens (tertiary/aromatic N) is 5. The number of aromatic nitrogens is 5. The van der Waals surface area contributed by atoms with Gasteiger partial charge >= 0.3 is 0 Å². The summed E-state index contributed by atoms with van der Waals surface area (Å²) in [4.78, 5) is 0. The maximum absolute atomic E-state index is 10.3. The zero-order valence-corrected chi connectivity index (χ0v) is 14.4. The molecule has 6 heteroatoms. The predicted molar refractivity (Wildman–Crippen MR) is 98.7 cm³/mol. The lowest BCUT2D eigenvalue weighted by Crippen LogP contribution is -2.09. The van der Waals surface area contributed by atoms with E-state index < -0.39 is 6.10 Å². The Hall–Kier alpha value is -3.25. The van der Waals surface area contributed by atoms with E-state index in [1.807, 2.05) is 65.6 Å². The summed E-state index contributed by atoms with van der Waals surface area (Å²) in [5, 5.41) is 23.1. The van der Waals surface area contributed by atoms with Crippen molar-refractivity contribution >= 4 is 0 Å². The van der Waals surface area contributed by atoms with E-state index in [1.165, 1.54) is 0 Å². The van der Waals surface area contributed by atoms with E-state index in [9.17, 15) is 5.11 Å². The SMILES string of the molecule is Cc1ccccc1-n1cc(-c2cn(C[C@@H](O)c3ccccc3)nn2)cn1. The van der Waals surface area contributed by atoms with Crippen LogP contribution in [0, 0.1) is 6.92 Å². The van der Waals surface area contributed by atoms with Crippen LogP contribution < -0.4 is 0 Å². The molecule has 130 valence electrons. The molecule has 0 bridgehead atoms. The molecule has 4 rings (SSSR count). The fourth-order valence-corrected chi connectivity index (χ4v) is 2.88. The minimum absolute atomic E-state index is 0.350. The molecule has 0 radical (unpaired) electrons. The molecular weight excluding hydrogens is 326 g/mol. The first-order chi connectivity index (χ1) is 12.7. The summed E-state index contributed by atoms with van der Waals surface area (Å²) in [5.74, 6) is 0. The van der Waals surface area contributed by atoms with Crippen LogP contribution in [0.5, 0.6) is 0 Å². The molecule has 0 saturated carbocycles. The van der Waals surface area contributed by atoms with Gasteiger partial charge in [0.05, 0.1) is 30.7 Å². The van der Waals surface area contributed by atoms with Crippen LogP contribution >= 0.6 is 0 Å². The molecule has 1 N–H and O–H groups in total. The number of para-hydroxylation sites is 1. The van der Waals surface area contributed by atoms with Crippen LogP contribution in [0.2, 0.25) is 0 Å². The van der Waals surface area contributed by atoms with Gasteiger partial charge in [-0.3, -0.25) is 0 Å². The lowest BCUT2D eigenvalue weighted by Gasteiger charge is -2.09. The molecule has 2 heterocycles. The van der Waals surface area contributed by atoms with Crippen molar-refractivity contribution in [2.75, 3.05) is 0 Å². The first kappa shape index (κ1) is 16.2. The third-order valence-corrected chi connectivity index (χ3v) is 4.32. The van der Waals surface area contributed by atoms with Crippen LogP contribution in [0.25, 0.3) is 16.9 Å². The second-order valence-corrected chi connectivity index (χ2v) is 6.21. The zero-order chi connectivity index (χ0) is 17.9. The first-order valence-electron chi connectivity index (χ1n) is 8.45. The van der Waals surface area contributed by atoms with Gasteiger partial charge in [-0.2, -0.15) is 5.10 Å². The van der Waals surface area contributed by atoms with E-state index in [-0.39, 0.29) is 0 Å². The average molecular weight is 345 g/mol. The smallest absolute Gasteiger partial charge is 0.116 e. The van der Waals surface area contributed by atoms with E-state index in [0.717, 1.165) is 28.1 Å². The quantitative estimate of drug-likeness (QED) is 0.603. The molecule has 2 aromatic carbocycles.